The molecule has 0 bridgehead atoms. The number of hydrogen-bond donors (Lipinski definition) is 1. The lowest BCUT2D eigenvalue weighted by Crippen LogP contribution is -2.28. The molecule has 0 aromatic heterocycles. The number of carbonyl (C=O) groups excluding carboxylic acids is 2. The van der Waals surface area contributed by atoms with Gasteiger partial charge in [-0.15, -0.1) is 0 Å². The Bertz CT molecular complexity index is 487. The molecule has 0 saturated carbocycles. The molecule has 1 aromatic carbocycles. The van der Waals surface area contributed by atoms with Crippen LogP contribution in [0.15, 0.2) is 18.2 Å². The lowest BCUT2D eigenvalue weighted by Gasteiger charge is -2.07. The number of hydrogen-bond acceptors (Lipinski definition) is 2. The maximum Gasteiger partial charge on any atom is 0.450 e. The topological polar surface area (TPSA) is 46.2 Å². The van der Waals surface area contributed by atoms with Crippen molar-refractivity contribution in [2.75, 3.05) is 5.32 Å². The van der Waals surface area contributed by atoms with Crippen molar-refractivity contribution in [2.24, 2.45) is 0 Å². The van der Waals surface area contributed by atoms with E-state index in [1.807, 2.05) is 5.32 Å². The van der Waals surface area contributed by atoms with Crippen molar-refractivity contribution in [3.63, 3.8) is 0 Å². The van der Waals surface area contributed by atoms with Gasteiger partial charge in [0, 0.05) is 5.02 Å². The van der Waals surface area contributed by atoms with Crippen LogP contribution >= 0.6 is 11.6 Å². The zero-order chi connectivity index (χ0) is 13.9. The second-order valence-electron chi connectivity index (χ2n) is 3.27. The van der Waals surface area contributed by atoms with E-state index in [1.54, 1.807) is 0 Å². The SMILES string of the molecule is O=C(CC(=O)C(F)(F)F)Nc1ccc(Cl)cc1F. The molecular weight excluding hydrogens is 278 g/mol. The molecule has 0 heterocycles. The van der Waals surface area contributed by atoms with E-state index in [0.29, 0.717) is 0 Å². The van der Waals surface area contributed by atoms with Crippen LogP contribution in [0.5, 0.6) is 0 Å². The standard InChI is InChI=1S/C10H6ClF4NO2/c11-5-1-2-7(6(12)3-5)16-9(18)4-8(17)10(13,14)15/h1-3H,4H2,(H,16,18). The van der Waals surface area contributed by atoms with Crippen molar-refractivity contribution in [3.05, 3.63) is 29.0 Å². The van der Waals surface area contributed by atoms with Gasteiger partial charge in [-0.25, -0.2) is 4.39 Å². The van der Waals surface area contributed by atoms with Gasteiger partial charge >= 0.3 is 6.18 Å². The van der Waals surface area contributed by atoms with Crippen LogP contribution in [0.25, 0.3) is 0 Å². The Morgan fingerprint density at radius 3 is 2.39 bits per heavy atom. The highest BCUT2D eigenvalue weighted by Crippen LogP contribution is 2.21. The zero-order valence-electron chi connectivity index (χ0n) is 8.65. The predicted octanol–water partition coefficient (Wildman–Crippen LogP) is 2.94. The number of Topliss-reactive ketones (excluding diaryl/α,β-unsaturated/α-hetero) is 1. The number of rotatable bonds is 3. The molecular formula is C10H6ClF4NO2. The molecule has 1 N–H and O–H groups in total. The van der Waals surface area contributed by atoms with Crippen LogP contribution in [0, 0.1) is 5.82 Å². The van der Waals surface area contributed by atoms with Crippen molar-refractivity contribution in [2.45, 2.75) is 12.6 Å². The summed E-state index contributed by atoms with van der Waals surface area (Å²) < 4.78 is 48.8. The molecule has 0 spiro atoms. The van der Waals surface area contributed by atoms with Gasteiger partial charge in [0.15, 0.2) is 0 Å². The van der Waals surface area contributed by atoms with Crippen LogP contribution < -0.4 is 5.32 Å². The molecule has 0 atom stereocenters. The first-order valence-electron chi connectivity index (χ1n) is 4.55. The monoisotopic (exact) mass is 283 g/mol. The maximum atomic E-state index is 13.2. The minimum atomic E-state index is -5.09. The summed E-state index contributed by atoms with van der Waals surface area (Å²) in [5.74, 6) is -4.36. The molecule has 0 saturated heterocycles. The molecule has 1 amide bonds. The van der Waals surface area contributed by atoms with Crippen LogP contribution in [0.3, 0.4) is 0 Å². The average molecular weight is 284 g/mol. The molecule has 0 unspecified atom stereocenters. The van der Waals surface area contributed by atoms with E-state index >= 15 is 0 Å². The van der Waals surface area contributed by atoms with Gasteiger partial charge in [-0.05, 0) is 18.2 Å². The molecule has 0 fully saturated rings. The Balaban J connectivity index is 2.68. The molecule has 18 heavy (non-hydrogen) atoms. The van der Waals surface area contributed by atoms with Crippen molar-refractivity contribution in [1.29, 1.82) is 0 Å². The van der Waals surface area contributed by atoms with Crippen LogP contribution in [-0.2, 0) is 9.59 Å². The highest BCUT2D eigenvalue weighted by Gasteiger charge is 2.39. The van der Waals surface area contributed by atoms with Gasteiger partial charge in [-0.2, -0.15) is 13.2 Å². The fourth-order valence-electron chi connectivity index (χ4n) is 1.03. The first kappa shape index (κ1) is 14.4. The minimum Gasteiger partial charge on any atom is -0.323 e. The van der Waals surface area contributed by atoms with Gasteiger partial charge in [0.2, 0.25) is 11.7 Å². The first-order valence-corrected chi connectivity index (χ1v) is 4.93. The second kappa shape index (κ2) is 5.34. The first-order chi connectivity index (χ1) is 8.20. The van der Waals surface area contributed by atoms with Gasteiger partial charge in [-0.1, -0.05) is 11.6 Å². The molecule has 98 valence electrons. The van der Waals surface area contributed by atoms with Crippen LogP contribution in [0.1, 0.15) is 6.42 Å². The summed E-state index contributed by atoms with van der Waals surface area (Å²) in [4.78, 5) is 21.6. The van der Waals surface area contributed by atoms with Crippen LogP contribution in [0.2, 0.25) is 5.02 Å². The van der Waals surface area contributed by atoms with Gasteiger partial charge in [0.1, 0.15) is 5.82 Å². The van der Waals surface area contributed by atoms with Crippen LogP contribution in [0.4, 0.5) is 23.2 Å². The number of benzene rings is 1. The molecule has 0 aliphatic carbocycles. The average Bonchev–Trinajstić information content (AvgIpc) is 2.20. The van der Waals surface area contributed by atoms with E-state index < -0.39 is 30.1 Å². The molecule has 3 nitrogen and oxygen atoms in total. The summed E-state index contributed by atoms with van der Waals surface area (Å²) in [6.07, 6.45) is -6.48. The fraction of sp³-hybridized carbons (Fsp3) is 0.200. The summed E-state index contributed by atoms with van der Waals surface area (Å²) in [6.45, 7) is 0. The third kappa shape index (κ3) is 3.99. The van der Waals surface area contributed by atoms with E-state index in [1.165, 1.54) is 6.07 Å². The Kier molecular flexibility index (Phi) is 4.28. The van der Waals surface area contributed by atoms with Crippen molar-refractivity contribution in [3.8, 4) is 0 Å². The number of anilines is 1. The third-order valence-corrected chi connectivity index (χ3v) is 2.08. The molecule has 1 rings (SSSR count). The van der Waals surface area contributed by atoms with Gasteiger partial charge < -0.3 is 5.32 Å². The quantitative estimate of drug-likeness (QED) is 0.685. The number of carbonyl (C=O) groups is 2. The Morgan fingerprint density at radius 2 is 1.89 bits per heavy atom. The molecule has 1 aromatic rings. The summed E-state index contributed by atoms with van der Waals surface area (Å²) in [7, 11) is 0. The smallest absolute Gasteiger partial charge is 0.323 e. The third-order valence-electron chi connectivity index (χ3n) is 1.84. The summed E-state index contributed by atoms with van der Waals surface area (Å²) in [5, 5.41) is 1.91. The van der Waals surface area contributed by atoms with Crippen molar-refractivity contribution < 1.29 is 27.2 Å². The predicted molar refractivity (Wildman–Crippen MR) is 55.7 cm³/mol. The van der Waals surface area contributed by atoms with Gasteiger partial charge in [-0.3, -0.25) is 9.59 Å². The largest absolute Gasteiger partial charge is 0.450 e. The molecule has 8 heteroatoms. The van der Waals surface area contributed by atoms with E-state index in [4.69, 9.17) is 11.6 Å². The highest BCUT2D eigenvalue weighted by molar-refractivity contribution is 6.30. The summed E-state index contributed by atoms with van der Waals surface area (Å²) >= 11 is 5.44. The molecule has 0 aliphatic heterocycles. The van der Waals surface area contributed by atoms with Crippen LogP contribution in [-0.4, -0.2) is 17.9 Å². The molecule has 0 aliphatic rings. The Hall–Kier alpha value is -1.63. The van der Waals surface area contributed by atoms with E-state index in [-0.39, 0.29) is 10.7 Å². The Morgan fingerprint density at radius 1 is 1.28 bits per heavy atom. The minimum absolute atomic E-state index is 0.0665. The van der Waals surface area contributed by atoms with Gasteiger partial charge in [0.05, 0.1) is 12.1 Å². The zero-order valence-corrected chi connectivity index (χ0v) is 9.40. The van der Waals surface area contributed by atoms with E-state index in [2.05, 4.69) is 0 Å². The van der Waals surface area contributed by atoms with Crippen molar-refractivity contribution >= 4 is 29.0 Å². The van der Waals surface area contributed by atoms with E-state index in [0.717, 1.165) is 12.1 Å². The summed E-state index contributed by atoms with van der Waals surface area (Å²) in [6, 6.07) is 3.20. The number of nitrogens with one attached hydrogen (secondary N) is 1. The van der Waals surface area contributed by atoms with Crippen molar-refractivity contribution in [1.82, 2.24) is 0 Å². The van der Waals surface area contributed by atoms with Gasteiger partial charge in [0.25, 0.3) is 0 Å². The maximum absolute atomic E-state index is 13.2. The normalized spacial score (nSPS) is 11.2. The second-order valence-corrected chi connectivity index (χ2v) is 3.71. The number of amides is 1. The lowest BCUT2D eigenvalue weighted by atomic mass is 10.2. The lowest BCUT2D eigenvalue weighted by molar-refractivity contribution is -0.171. The molecule has 0 radical (unpaired) electrons. The number of ketones is 1. The highest BCUT2D eigenvalue weighted by atomic mass is 35.5. The number of halogens is 5. The number of alkyl halides is 3. The Labute approximate surface area is 104 Å². The fourth-order valence-corrected chi connectivity index (χ4v) is 1.19. The summed E-state index contributed by atoms with van der Waals surface area (Å²) in [5.41, 5.74) is -0.348. The van der Waals surface area contributed by atoms with E-state index in [9.17, 15) is 27.2 Å².